The van der Waals surface area contributed by atoms with Gasteiger partial charge in [-0.15, -0.1) is 0 Å². The maximum Gasteiger partial charge on any atom is 0.323 e. The van der Waals surface area contributed by atoms with Gasteiger partial charge in [0.15, 0.2) is 0 Å². The second kappa shape index (κ2) is 6.85. The van der Waals surface area contributed by atoms with Gasteiger partial charge in [0.1, 0.15) is 12.3 Å². The zero-order valence-electron chi connectivity index (χ0n) is 12.4. The molecule has 0 saturated carbocycles. The van der Waals surface area contributed by atoms with Crippen LogP contribution in [0, 0.1) is 5.92 Å². The summed E-state index contributed by atoms with van der Waals surface area (Å²) >= 11 is 0. The summed E-state index contributed by atoms with van der Waals surface area (Å²) in [4.78, 5) is 16.4. The highest BCUT2D eigenvalue weighted by atomic mass is 16.5. The van der Waals surface area contributed by atoms with Crippen LogP contribution in [0.2, 0.25) is 0 Å². The first-order valence-corrected chi connectivity index (χ1v) is 7.05. The van der Waals surface area contributed by atoms with Gasteiger partial charge in [0.2, 0.25) is 0 Å². The fourth-order valence-electron chi connectivity index (χ4n) is 2.71. The predicted octanol–water partition coefficient (Wildman–Crippen LogP) is 0.990. The molecule has 2 rings (SSSR count). The summed E-state index contributed by atoms with van der Waals surface area (Å²) in [5.74, 6) is 0.120. The predicted molar refractivity (Wildman–Crippen MR) is 74.0 cm³/mol. The Hall–Kier alpha value is -1.40. The van der Waals surface area contributed by atoms with E-state index in [-0.39, 0.29) is 17.9 Å². The molecule has 1 fully saturated rings. The lowest BCUT2D eigenvalue weighted by molar-refractivity contribution is -0.149. The number of aromatic nitrogens is 1. The van der Waals surface area contributed by atoms with Crippen LogP contribution in [0.5, 0.6) is 0 Å². The lowest BCUT2D eigenvalue weighted by atomic mass is 10.0. The van der Waals surface area contributed by atoms with Crippen LogP contribution in [-0.4, -0.2) is 60.3 Å². The zero-order valence-corrected chi connectivity index (χ0v) is 12.4. The number of hydrogen-bond acceptors (Lipinski definition) is 6. The van der Waals surface area contributed by atoms with Crippen molar-refractivity contribution in [3.8, 4) is 0 Å². The minimum absolute atomic E-state index is 0.134. The Morgan fingerprint density at radius 2 is 2.10 bits per heavy atom. The van der Waals surface area contributed by atoms with E-state index in [9.17, 15) is 4.79 Å². The molecule has 0 radical (unpaired) electrons. The first-order valence-electron chi connectivity index (χ1n) is 7.05. The lowest BCUT2D eigenvalue weighted by Crippen LogP contribution is -2.54. The van der Waals surface area contributed by atoms with Gasteiger partial charge >= 0.3 is 5.97 Å². The zero-order chi connectivity index (χ0) is 14.5. The Labute approximate surface area is 119 Å². The summed E-state index contributed by atoms with van der Waals surface area (Å²) < 4.78 is 9.77. The summed E-state index contributed by atoms with van der Waals surface area (Å²) in [5.41, 5.74) is 0.951. The molecule has 6 heteroatoms. The molecular formula is C14H23N3O3. The van der Waals surface area contributed by atoms with Gasteiger partial charge in [-0.3, -0.25) is 14.6 Å². The molecule has 1 atom stereocenters. The number of carbonyl (C=O) groups excluding carboxylic acids is 1. The molecule has 0 aliphatic carbocycles. The number of esters is 1. The summed E-state index contributed by atoms with van der Waals surface area (Å²) in [6, 6.07) is 1.74. The second-order valence-corrected chi connectivity index (χ2v) is 5.51. The van der Waals surface area contributed by atoms with Crippen molar-refractivity contribution in [1.82, 2.24) is 15.0 Å². The first-order chi connectivity index (χ1) is 9.61. The van der Waals surface area contributed by atoms with E-state index in [4.69, 9.17) is 9.26 Å². The fraction of sp³-hybridized carbons (Fsp3) is 0.714. The van der Waals surface area contributed by atoms with E-state index in [1.165, 1.54) is 7.11 Å². The molecule has 20 heavy (non-hydrogen) atoms. The average molecular weight is 281 g/mol. The quantitative estimate of drug-likeness (QED) is 0.750. The third kappa shape index (κ3) is 3.58. The van der Waals surface area contributed by atoms with Crippen LogP contribution in [0.1, 0.15) is 19.5 Å². The molecule has 0 spiro atoms. The van der Waals surface area contributed by atoms with Crippen LogP contribution >= 0.6 is 0 Å². The van der Waals surface area contributed by atoms with Gasteiger partial charge in [-0.25, -0.2) is 0 Å². The minimum atomic E-state index is -0.144. The summed E-state index contributed by atoms with van der Waals surface area (Å²) in [6.45, 7) is 8.51. The van der Waals surface area contributed by atoms with Gasteiger partial charge < -0.3 is 9.26 Å². The Bertz CT molecular complexity index is 411. The van der Waals surface area contributed by atoms with Gasteiger partial charge in [-0.2, -0.15) is 0 Å². The molecule has 2 heterocycles. The standard InChI is InChI=1S/C14H23N3O3/c1-11(2)13(14(18)19-3)17-7-5-16(6-8-17)10-12-4-9-20-15-12/h4,9,11,13H,5-8,10H2,1-3H3. The highest BCUT2D eigenvalue weighted by Gasteiger charge is 2.32. The Kier molecular flexibility index (Phi) is 5.14. The van der Waals surface area contributed by atoms with E-state index in [1.54, 1.807) is 6.26 Å². The number of nitrogens with zero attached hydrogens (tertiary/aromatic N) is 3. The van der Waals surface area contributed by atoms with Crippen molar-refractivity contribution in [2.45, 2.75) is 26.4 Å². The van der Waals surface area contributed by atoms with Crippen molar-refractivity contribution in [2.24, 2.45) is 5.92 Å². The van der Waals surface area contributed by atoms with Crippen LogP contribution in [0.15, 0.2) is 16.9 Å². The van der Waals surface area contributed by atoms with Crippen LogP contribution in [0.25, 0.3) is 0 Å². The van der Waals surface area contributed by atoms with Gasteiger partial charge in [0, 0.05) is 38.8 Å². The summed E-state index contributed by atoms with van der Waals surface area (Å²) in [6.07, 6.45) is 1.59. The third-order valence-electron chi connectivity index (χ3n) is 3.75. The summed E-state index contributed by atoms with van der Waals surface area (Å²) in [7, 11) is 1.46. The van der Waals surface area contributed by atoms with Gasteiger partial charge in [0.25, 0.3) is 0 Å². The van der Waals surface area contributed by atoms with E-state index in [1.807, 2.05) is 6.07 Å². The van der Waals surface area contributed by atoms with E-state index in [0.29, 0.717) is 0 Å². The highest BCUT2D eigenvalue weighted by molar-refractivity contribution is 5.76. The number of carbonyl (C=O) groups is 1. The normalized spacial score (nSPS) is 19.2. The molecule has 0 N–H and O–H groups in total. The Morgan fingerprint density at radius 3 is 2.60 bits per heavy atom. The first kappa shape index (κ1) is 15.0. The van der Waals surface area contributed by atoms with Crippen molar-refractivity contribution in [3.63, 3.8) is 0 Å². The van der Waals surface area contributed by atoms with Crippen molar-refractivity contribution < 1.29 is 14.1 Å². The van der Waals surface area contributed by atoms with Crippen LogP contribution in [0.4, 0.5) is 0 Å². The van der Waals surface area contributed by atoms with Crippen molar-refractivity contribution in [3.05, 3.63) is 18.0 Å². The molecule has 6 nitrogen and oxygen atoms in total. The number of piperazine rings is 1. The number of hydrogen-bond donors (Lipinski definition) is 0. The topological polar surface area (TPSA) is 58.8 Å². The SMILES string of the molecule is COC(=O)C(C(C)C)N1CCN(Cc2ccon2)CC1. The Morgan fingerprint density at radius 1 is 1.40 bits per heavy atom. The maximum absolute atomic E-state index is 11.9. The van der Waals surface area contributed by atoms with E-state index in [2.05, 4.69) is 28.8 Å². The van der Waals surface area contributed by atoms with Crippen LogP contribution in [-0.2, 0) is 16.1 Å². The van der Waals surface area contributed by atoms with Crippen LogP contribution < -0.4 is 0 Å². The molecule has 0 aromatic carbocycles. The second-order valence-electron chi connectivity index (χ2n) is 5.51. The number of rotatable bonds is 5. The fourth-order valence-corrected chi connectivity index (χ4v) is 2.71. The third-order valence-corrected chi connectivity index (χ3v) is 3.75. The van der Waals surface area contributed by atoms with Crippen molar-refractivity contribution >= 4 is 5.97 Å². The molecule has 1 aliphatic rings. The molecule has 1 aliphatic heterocycles. The number of ether oxygens (including phenoxy) is 1. The Balaban J connectivity index is 1.87. The molecule has 0 bridgehead atoms. The molecule has 1 aromatic heterocycles. The molecule has 1 saturated heterocycles. The average Bonchev–Trinajstić information content (AvgIpc) is 2.93. The van der Waals surface area contributed by atoms with Gasteiger partial charge in [-0.05, 0) is 5.92 Å². The molecular weight excluding hydrogens is 258 g/mol. The number of methoxy groups -OCH3 is 1. The minimum Gasteiger partial charge on any atom is -0.468 e. The van der Waals surface area contributed by atoms with E-state index < -0.39 is 0 Å². The van der Waals surface area contributed by atoms with E-state index in [0.717, 1.165) is 38.4 Å². The van der Waals surface area contributed by atoms with Gasteiger partial charge in [0.05, 0.1) is 12.8 Å². The van der Waals surface area contributed by atoms with E-state index >= 15 is 0 Å². The van der Waals surface area contributed by atoms with Crippen molar-refractivity contribution in [1.29, 1.82) is 0 Å². The molecule has 1 unspecified atom stereocenters. The van der Waals surface area contributed by atoms with Gasteiger partial charge in [-0.1, -0.05) is 19.0 Å². The molecule has 0 amide bonds. The maximum atomic E-state index is 11.9. The highest BCUT2D eigenvalue weighted by Crippen LogP contribution is 2.16. The monoisotopic (exact) mass is 281 g/mol. The molecule has 1 aromatic rings. The largest absolute Gasteiger partial charge is 0.468 e. The molecule has 112 valence electrons. The van der Waals surface area contributed by atoms with Crippen molar-refractivity contribution in [2.75, 3.05) is 33.3 Å². The van der Waals surface area contributed by atoms with Crippen LogP contribution in [0.3, 0.4) is 0 Å². The smallest absolute Gasteiger partial charge is 0.323 e. The summed E-state index contributed by atoms with van der Waals surface area (Å²) in [5, 5.41) is 3.93. The lowest BCUT2D eigenvalue weighted by Gasteiger charge is -2.39.